The second kappa shape index (κ2) is 8.70. The predicted octanol–water partition coefficient (Wildman–Crippen LogP) is 4.02. The number of H-pyrrole nitrogens is 1. The van der Waals surface area contributed by atoms with Crippen LogP contribution in [-0.4, -0.2) is 52.9 Å². The number of rotatable bonds is 6. The zero-order valence-corrected chi connectivity index (χ0v) is 17.7. The number of nitrogens with one attached hydrogen (secondary N) is 1. The van der Waals surface area contributed by atoms with Crippen molar-refractivity contribution in [2.24, 2.45) is 7.05 Å². The van der Waals surface area contributed by atoms with Crippen LogP contribution >= 0.6 is 0 Å². The largest absolute Gasteiger partial charge is 0.369 e. The number of aromatic amines is 1. The molecule has 0 spiro atoms. The smallest absolute Gasteiger partial charge is 0.0851 e. The number of aromatic nitrogens is 3. The average Bonchev–Trinajstić information content (AvgIpc) is 3.36. The fraction of sp³-hybridized carbons (Fsp3) is 0.375. The van der Waals surface area contributed by atoms with Gasteiger partial charge in [-0.2, -0.15) is 5.10 Å². The maximum absolute atomic E-state index is 4.45. The third-order valence-electron chi connectivity index (χ3n) is 5.87. The van der Waals surface area contributed by atoms with Crippen molar-refractivity contribution >= 4 is 17.8 Å². The van der Waals surface area contributed by atoms with Gasteiger partial charge in [0.05, 0.1) is 5.69 Å². The first-order valence-corrected chi connectivity index (χ1v) is 10.5. The van der Waals surface area contributed by atoms with Gasteiger partial charge in [0.1, 0.15) is 0 Å². The summed E-state index contributed by atoms with van der Waals surface area (Å²) in [4.78, 5) is 4.84. The number of hydrogen-bond donors (Lipinski definition) is 1. The molecule has 0 radical (unpaired) electrons. The molecule has 1 aliphatic rings. The molecule has 0 saturated carbocycles. The van der Waals surface area contributed by atoms with Crippen molar-refractivity contribution in [2.45, 2.75) is 19.3 Å². The highest BCUT2D eigenvalue weighted by Gasteiger charge is 2.14. The molecule has 5 nitrogen and oxygen atoms in total. The van der Waals surface area contributed by atoms with Crippen LogP contribution in [0.5, 0.6) is 0 Å². The molecule has 4 rings (SSSR count). The molecule has 5 heteroatoms. The van der Waals surface area contributed by atoms with Gasteiger partial charge in [-0.1, -0.05) is 25.1 Å². The second-order valence-corrected chi connectivity index (χ2v) is 8.18. The topological polar surface area (TPSA) is 40.1 Å². The molecule has 1 unspecified atom stereocenters. The van der Waals surface area contributed by atoms with Gasteiger partial charge in [0.25, 0.3) is 0 Å². The van der Waals surface area contributed by atoms with Gasteiger partial charge in [0.2, 0.25) is 0 Å². The number of nitrogens with zero attached hydrogens (tertiary/aromatic N) is 4. The van der Waals surface area contributed by atoms with Crippen LogP contribution in [0.25, 0.3) is 12.2 Å². The standard InChI is InChI=1S/C24H31N5/c1-19(24-5-4-12-28(24)3)17-22-18-21(25-26-22)9-6-20-7-10-23(11-8-20)29-15-13-27(2)14-16-29/h4-12,18-19H,13-17H2,1-3H3,(H,25,26)/b9-6+. The van der Waals surface area contributed by atoms with Crippen molar-refractivity contribution < 1.29 is 0 Å². The molecular formula is C24H31N5. The van der Waals surface area contributed by atoms with Crippen molar-refractivity contribution in [2.75, 3.05) is 38.1 Å². The number of likely N-dealkylation sites (N-methyl/N-ethyl adjacent to an activating group) is 1. The van der Waals surface area contributed by atoms with Gasteiger partial charge in [-0.05, 0) is 55.4 Å². The fourth-order valence-electron chi connectivity index (χ4n) is 4.03. The third-order valence-corrected chi connectivity index (χ3v) is 5.87. The van der Waals surface area contributed by atoms with E-state index in [-0.39, 0.29) is 0 Å². The summed E-state index contributed by atoms with van der Waals surface area (Å²) >= 11 is 0. The normalized spacial score (nSPS) is 16.6. The van der Waals surface area contributed by atoms with Crippen molar-refractivity contribution in [1.82, 2.24) is 19.7 Å². The molecule has 1 fully saturated rings. The molecule has 1 N–H and O–H groups in total. The van der Waals surface area contributed by atoms with Crippen LogP contribution in [0.3, 0.4) is 0 Å². The highest BCUT2D eigenvalue weighted by molar-refractivity contribution is 5.69. The highest BCUT2D eigenvalue weighted by atomic mass is 15.2. The van der Waals surface area contributed by atoms with Crippen LogP contribution in [0.15, 0.2) is 48.7 Å². The van der Waals surface area contributed by atoms with Gasteiger partial charge in [-0.25, -0.2) is 0 Å². The Hall–Kier alpha value is -2.79. The third kappa shape index (κ3) is 4.80. The van der Waals surface area contributed by atoms with Gasteiger partial charge in [0, 0.05) is 62.4 Å². The first-order valence-electron chi connectivity index (χ1n) is 10.5. The predicted molar refractivity (Wildman–Crippen MR) is 121 cm³/mol. The number of benzene rings is 1. The van der Waals surface area contributed by atoms with Crippen LogP contribution < -0.4 is 4.90 Å². The maximum atomic E-state index is 4.45. The molecule has 3 aromatic rings. The van der Waals surface area contributed by atoms with E-state index in [9.17, 15) is 0 Å². The Balaban J connectivity index is 1.35. The molecule has 1 aliphatic heterocycles. The minimum Gasteiger partial charge on any atom is -0.369 e. The van der Waals surface area contributed by atoms with Gasteiger partial charge < -0.3 is 14.4 Å². The van der Waals surface area contributed by atoms with Crippen LogP contribution in [0.2, 0.25) is 0 Å². The first kappa shape index (κ1) is 19.5. The van der Waals surface area contributed by atoms with Crippen molar-refractivity contribution in [3.8, 4) is 0 Å². The Labute approximate surface area is 173 Å². The van der Waals surface area contributed by atoms with Gasteiger partial charge in [0.15, 0.2) is 0 Å². The molecule has 1 aromatic carbocycles. The van der Waals surface area contributed by atoms with E-state index in [1.165, 1.54) is 22.6 Å². The minimum absolute atomic E-state index is 0.453. The zero-order valence-electron chi connectivity index (χ0n) is 17.7. The van der Waals surface area contributed by atoms with Crippen LogP contribution in [0.4, 0.5) is 5.69 Å². The summed E-state index contributed by atoms with van der Waals surface area (Å²) in [7, 11) is 4.29. The number of anilines is 1. The molecule has 1 saturated heterocycles. The van der Waals surface area contributed by atoms with E-state index in [0.29, 0.717) is 5.92 Å². The quantitative estimate of drug-likeness (QED) is 0.692. The molecule has 152 valence electrons. The Morgan fingerprint density at radius 1 is 1.03 bits per heavy atom. The Morgan fingerprint density at radius 2 is 1.79 bits per heavy atom. The van der Waals surface area contributed by atoms with E-state index in [1.807, 2.05) is 0 Å². The van der Waals surface area contributed by atoms with Gasteiger partial charge in [-0.3, -0.25) is 5.10 Å². The molecule has 29 heavy (non-hydrogen) atoms. The van der Waals surface area contributed by atoms with E-state index in [0.717, 1.165) is 38.3 Å². The lowest BCUT2D eigenvalue weighted by Crippen LogP contribution is -2.44. The number of hydrogen-bond acceptors (Lipinski definition) is 3. The van der Waals surface area contributed by atoms with Crippen molar-refractivity contribution in [3.05, 3.63) is 71.3 Å². The molecule has 0 amide bonds. The minimum atomic E-state index is 0.453. The lowest BCUT2D eigenvalue weighted by atomic mass is 10.0. The second-order valence-electron chi connectivity index (χ2n) is 8.18. The highest BCUT2D eigenvalue weighted by Crippen LogP contribution is 2.21. The Bertz CT molecular complexity index is 942. The fourth-order valence-corrected chi connectivity index (χ4v) is 4.03. The molecule has 0 bridgehead atoms. The lowest BCUT2D eigenvalue weighted by Gasteiger charge is -2.34. The summed E-state index contributed by atoms with van der Waals surface area (Å²) in [6.45, 7) is 6.72. The lowest BCUT2D eigenvalue weighted by molar-refractivity contribution is 0.313. The van der Waals surface area contributed by atoms with E-state index in [1.54, 1.807) is 0 Å². The van der Waals surface area contributed by atoms with E-state index in [2.05, 4.69) is 106 Å². The molecule has 3 heterocycles. The molecule has 0 aliphatic carbocycles. The van der Waals surface area contributed by atoms with E-state index < -0.39 is 0 Å². The van der Waals surface area contributed by atoms with Crippen molar-refractivity contribution in [1.29, 1.82) is 0 Å². The monoisotopic (exact) mass is 389 g/mol. The Morgan fingerprint density at radius 3 is 2.48 bits per heavy atom. The van der Waals surface area contributed by atoms with Crippen LogP contribution in [0.1, 0.15) is 35.5 Å². The number of aryl methyl sites for hydroxylation is 1. The first-order chi connectivity index (χ1) is 14.1. The summed E-state index contributed by atoms with van der Waals surface area (Å²) < 4.78 is 2.19. The van der Waals surface area contributed by atoms with Gasteiger partial charge >= 0.3 is 0 Å². The molecular weight excluding hydrogens is 358 g/mol. The SMILES string of the molecule is CC(Cc1cc(/C=C/c2ccc(N3CCN(C)CC3)cc2)n[nH]1)c1cccn1C. The van der Waals surface area contributed by atoms with Gasteiger partial charge in [-0.15, -0.1) is 0 Å². The van der Waals surface area contributed by atoms with Crippen molar-refractivity contribution in [3.63, 3.8) is 0 Å². The molecule has 2 aromatic heterocycles. The maximum Gasteiger partial charge on any atom is 0.0851 e. The van der Waals surface area contributed by atoms with E-state index >= 15 is 0 Å². The number of piperazine rings is 1. The van der Waals surface area contributed by atoms with E-state index in [4.69, 9.17) is 0 Å². The zero-order chi connectivity index (χ0) is 20.2. The molecule has 1 atom stereocenters. The summed E-state index contributed by atoms with van der Waals surface area (Å²) in [6.07, 6.45) is 7.27. The summed E-state index contributed by atoms with van der Waals surface area (Å²) in [6, 6.07) is 15.3. The van der Waals surface area contributed by atoms with Crippen LogP contribution in [0, 0.1) is 0 Å². The Kier molecular flexibility index (Phi) is 5.86. The van der Waals surface area contributed by atoms with Crippen LogP contribution in [-0.2, 0) is 13.5 Å². The average molecular weight is 390 g/mol. The summed E-state index contributed by atoms with van der Waals surface area (Å²) in [5.41, 5.74) is 6.00. The summed E-state index contributed by atoms with van der Waals surface area (Å²) in [5, 5.41) is 7.64. The summed E-state index contributed by atoms with van der Waals surface area (Å²) in [5.74, 6) is 0.453.